The summed E-state index contributed by atoms with van der Waals surface area (Å²) < 4.78 is 1.75. The number of nitriles is 1. The SMILES string of the molecule is N#Cc1cnn2cc(-c3cn[nH]c3)cc(-c3ccc(N4CCN([C@@H]5CCCC[C@H]5O)CC4)nc3)c12. The summed E-state index contributed by atoms with van der Waals surface area (Å²) in [4.78, 5) is 9.56. The van der Waals surface area contributed by atoms with E-state index in [1.165, 1.54) is 6.42 Å². The Morgan fingerprint density at radius 2 is 1.86 bits per heavy atom. The zero-order chi connectivity index (χ0) is 23.8. The molecule has 0 unspecified atom stereocenters. The predicted molar refractivity (Wildman–Crippen MR) is 133 cm³/mol. The normalized spacial score (nSPS) is 21.3. The summed E-state index contributed by atoms with van der Waals surface area (Å²) >= 11 is 0. The third-order valence-corrected chi connectivity index (χ3v) is 7.42. The Labute approximate surface area is 203 Å². The number of aliphatic hydroxyl groups is 1. The lowest BCUT2D eigenvalue weighted by Crippen LogP contribution is -2.54. The summed E-state index contributed by atoms with van der Waals surface area (Å²) in [7, 11) is 0. The minimum atomic E-state index is -0.191. The molecule has 0 spiro atoms. The van der Waals surface area contributed by atoms with E-state index in [-0.39, 0.29) is 6.10 Å². The highest BCUT2D eigenvalue weighted by Gasteiger charge is 2.31. The van der Waals surface area contributed by atoms with Gasteiger partial charge in [0.15, 0.2) is 0 Å². The molecule has 5 heterocycles. The maximum Gasteiger partial charge on any atom is 0.128 e. The topological polar surface area (TPSA) is 109 Å². The van der Waals surface area contributed by atoms with Gasteiger partial charge in [0.05, 0.1) is 29.6 Å². The molecule has 1 aliphatic carbocycles. The van der Waals surface area contributed by atoms with Crippen LogP contribution in [0.3, 0.4) is 0 Å². The van der Waals surface area contributed by atoms with Crippen LogP contribution in [0.15, 0.2) is 49.2 Å². The third-order valence-electron chi connectivity index (χ3n) is 7.42. The van der Waals surface area contributed by atoms with Gasteiger partial charge in [-0.25, -0.2) is 9.50 Å². The third kappa shape index (κ3) is 4.05. The molecule has 1 saturated heterocycles. The largest absolute Gasteiger partial charge is 0.391 e. The van der Waals surface area contributed by atoms with Crippen molar-refractivity contribution in [2.75, 3.05) is 31.1 Å². The smallest absolute Gasteiger partial charge is 0.128 e. The van der Waals surface area contributed by atoms with Gasteiger partial charge in [-0.05, 0) is 31.0 Å². The number of H-pyrrole nitrogens is 1. The van der Waals surface area contributed by atoms with Crippen molar-refractivity contribution in [3.05, 3.63) is 54.7 Å². The Hall–Kier alpha value is -3.74. The standard InChI is InChI=1S/C26H28N8O/c27-12-20-16-31-34-17-19(21-14-29-30-15-21)11-22(26(20)34)18-5-6-25(28-13-18)33-9-7-32(8-10-33)23-3-1-2-4-24(23)35/h5-6,11,13-17,23-24,35H,1-4,7-10H2,(H,29,30)/t23-,24-/m1/s1. The maximum absolute atomic E-state index is 10.4. The molecule has 2 atom stereocenters. The van der Waals surface area contributed by atoms with E-state index in [0.29, 0.717) is 11.6 Å². The summed E-state index contributed by atoms with van der Waals surface area (Å²) in [5.74, 6) is 0.952. The van der Waals surface area contributed by atoms with Crippen LogP contribution in [0.5, 0.6) is 0 Å². The van der Waals surface area contributed by atoms with Crippen LogP contribution in [0.1, 0.15) is 31.2 Å². The second-order valence-electron chi connectivity index (χ2n) is 9.44. The number of hydrogen-bond donors (Lipinski definition) is 2. The molecule has 9 heteroatoms. The molecule has 4 aromatic rings. The highest BCUT2D eigenvalue weighted by Crippen LogP contribution is 2.32. The molecule has 1 saturated carbocycles. The van der Waals surface area contributed by atoms with Gasteiger partial charge in [0.2, 0.25) is 0 Å². The fraction of sp³-hybridized carbons (Fsp3) is 0.385. The maximum atomic E-state index is 10.4. The first-order chi connectivity index (χ1) is 17.2. The van der Waals surface area contributed by atoms with Gasteiger partial charge in [-0.1, -0.05) is 12.8 Å². The molecule has 178 valence electrons. The van der Waals surface area contributed by atoms with E-state index >= 15 is 0 Å². The number of aromatic nitrogens is 5. The summed E-state index contributed by atoms with van der Waals surface area (Å²) in [6.45, 7) is 3.69. The molecule has 0 aromatic carbocycles. The lowest BCUT2D eigenvalue weighted by atomic mass is 9.91. The molecular formula is C26H28N8O. The molecule has 2 N–H and O–H groups in total. The Morgan fingerprint density at radius 1 is 1.00 bits per heavy atom. The van der Waals surface area contributed by atoms with E-state index in [1.54, 1.807) is 16.9 Å². The molecule has 0 bridgehead atoms. The Kier molecular flexibility index (Phi) is 5.68. The second kappa shape index (κ2) is 9.13. The van der Waals surface area contributed by atoms with E-state index in [2.05, 4.69) is 49.4 Å². The van der Waals surface area contributed by atoms with E-state index in [4.69, 9.17) is 4.98 Å². The van der Waals surface area contributed by atoms with Crippen LogP contribution in [0.4, 0.5) is 5.82 Å². The average Bonchev–Trinajstić information content (AvgIpc) is 3.59. The number of aliphatic hydroxyl groups excluding tert-OH is 1. The van der Waals surface area contributed by atoms with E-state index < -0.39 is 0 Å². The van der Waals surface area contributed by atoms with Crippen molar-refractivity contribution in [3.63, 3.8) is 0 Å². The van der Waals surface area contributed by atoms with Gasteiger partial charge < -0.3 is 10.0 Å². The number of nitrogens with zero attached hydrogens (tertiary/aromatic N) is 7. The molecule has 4 aromatic heterocycles. The highest BCUT2D eigenvalue weighted by atomic mass is 16.3. The highest BCUT2D eigenvalue weighted by molar-refractivity contribution is 5.87. The second-order valence-corrected chi connectivity index (χ2v) is 9.44. The van der Waals surface area contributed by atoms with Gasteiger partial charge in [-0.2, -0.15) is 15.5 Å². The van der Waals surface area contributed by atoms with Crippen molar-refractivity contribution >= 4 is 11.3 Å². The van der Waals surface area contributed by atoms with Crippen LogP contribution < -0.4 is 4.90 Å². The lowest BCUT2D eigenvalue weighted by molar-refractivity contribution is 0.0172. The molecule has 2 fully saturated rings. The van der Waals surface area contributed by atoms with Gasteiger partial charge in [0.25, 0.3) is 0 Å². The molecule has 35 heavy (non-hydrogen) atoms. The van der Waals surface area contributed by atoms with Crippen LogP contribution in [0.2, 0.25) is 0 Å². The van der Waals surface area contributed by atoms with E-state index in [0.717, 1.165) is 79.0 Å². The van der Waals surface area contributed by atoms with Gasteiger partial charge in [0.1, 0.15) is 11.9 Å². The van der Waals surface area contributed by atoms with Gasteiger partial charge in [-0.3, -0.25) is 10.00 Å². The van der Waals surface area contributed by atoms with Gasteiger partial charge in [-0.15, -0.1) is 0 Å². The fourth-order valence-corrected chi connectivity index (χ4v) is 5.52. The Morgan fingerprint density at radius 3 is 2.57 bits per heavy atom. The average molecular weight is 469 g/mol. The van der Waals surface area contributed by atoms with E-state index in [1.807, 2.05) is 18.6 Å². The van der Waals surface area contributed by atoms with Crippen molar-refractivity contribution in [2.45, 2.75) is 37.8 Å². The number of rotatable bonds is 4. The molecule has 0 radical (unpaired) electrons. The van der Waals surface area contributed by atoms with Crippen molar-refractivity contribution in [2.24, 2.45) is 0 Å². The molecular weight excluding hydrogens is 440 g/mol. The number of pyridine rings is 2. The number of hydrogen-bond acceptors (Lipinski definition) is 7. The van der Waals surface area contributed by atoms with E-state index in [9.17, 15) is 10.4 Å². The van der Waals surface area contributed by atoms with Crippen LogP contribution in [-0.4, -0.2) is 73.1 Å². The zero-order valence-electron chi connectivity index (χ0n) is 19.5. The van der Waals surface area contributed by atoms with Gasteiger partial charge >= 0.3 is 0 Å². The van der Waals surface area contributed by atoms with Crippen LogP contribution >= 0.6 is 0 Å². The summed E-state index contributed by atoms with van der Waals surface area (Å²) in [6, 6.07) is 8.75. The molecule has 6 rings (SSSR count). The summed E-state index contributed by atoms with van der Waals surface area (Å²) in [6.07, 6.45) is 13.2. The van der Waals surface area contributed by atoms with Crippen LogP contribution in [-0.2, 0) is 0 Å². The van der Waals surface area contributed by atoms with Crippen molar-refractivity contribution in [3.8, 4) is 28.3 Å². The van der Waals surface area contributed by atoms with Gasteiger partial charge in [0, 0.05) is 73.1 Å². The monoisotopic (exact) mass is 468 g/mol. The quantitative estimate of drug-likeness (QED) is 0.474. The minimum Gasteiger partial charge on any atom is -0.391 e. The first kappa shape index (κ1) is 21.8. The fourth-order valence-electron chi connectivity index (χ4n) is 5.52. The minimum absolute atomic E-state index is 0.191. The van der Waals surface area contributed by atoms with Crippen LogP contribution in [0.25, 0.3) is 27.8 Å². The summed E-state index contributed by atoms with van der Waals surface area (Å²) in [5, 5.41) is 31.4. The Bertz CT molecular complexity index is 1350. The molecule has 2 aliphatic rings. The number of fused-ring (bicyclic) bond motifs is 1. The van der Waals surface area contributed by atoms with Crippen molar-refractivity contribution < 1.29 is 5.11 Å². The first-order valence-electron chi connectivity index (χ1n) is 12.3. The molecule has 9 nitrogen and oxygen atoms in total. The number of piperazine rings is 1. The zero-order valence-corrected chi connectivity index (χ0v) is 19.5. The number of aromatic amines is 1. The number of anilines is 1. The first-order valence-corrected chi connectivity index (χ1v) is 12.3. The lowest BCUT2D eigenvalue weighted by Gasteiger charge is -2.43. The predicted octanol–water partition coefficient (Wildman–Crippen LogP) is 3.08. The van der Waals surface area contributed by atoms with Crippen molar-refractivity contribution in [1.29, 1.82) is 5.26 Å². The van der Waals surface area contributed by atoms with Crippen molar-refractivity contribution in [1.82, 2.24) is 29.7 Å². The Balaban J connectivity index is 1.25. The van der Waals surface area contributed by atoms with Crippen LogP contribution in [0, 0.1) is 11.3 Å². The molecule has 0 amide bonds. The molecule has 1 aliphatic heterocycles. The number of nitrogens with one attached hydrogen (secondary N) is 1. The summed E-state index contributed by atoms with van der Waals surface area (Å²) in [5.41, 5.74) is 5.06.